The number of amides is 3. The predicted molar refractivity (Wildman–Crippen MR) is 148 cm³/mol. The van der Waals surface area contributed by atoms with Gasteiger partial charge in [0.1, 0.15) is 11.9 Å². The van der Waals surface area contributed by atoms with E-state index in [1.165, 1.54) is 0 Å². The van der Waals surface area contributed by atoms with Gasteiger partial charge < -0.3 is 10.6 Å². The van der Waals surface area contributed by atoms with Crippen LogP contribution in [0.1, 0.15) is 46.1 Å². The molecule has 0 spiro atoms. The molecule has 0 bridgehead atoms. The van der Waals surface area contributed by atoms with Crippen molar-refractivity contribution in [2.45, 2.75) is 57.1 Å². The summed E-state index contributed by atoms with van der Waals surface area (Å²) in [7, 11) is 0. The van der Waals surface area contributed by atoms with Gasteiger partial charge in [0, 0.05) is 16.7 Å². The number of nitrogens with one attached hydrogen (secondary N) is 3. The minimum Gasteiger partial charge on any atom is -0.343 e. The lowest BCUT2D eigenvalue weighted by Gasteiger charge is -2.35. The van der Waals surface area contributed by atoms with Crippen molar-refractivity contribution < 1.29 is 19.6 Å². The van der Waals surface area contributed by atoms with E-state index in [4.69, 9.17) is 0 Å². The highest BCUT2D eigenvalue weighted by molar-refractivity contribution is 7.99. The second-order valence-corrected chi connectivity index (χ2v) is 11.5. The van der Waals surface area contributed by atoms with E-state index in [9.17, 15) is 19.6 Å². The summed E-state index contributed by atoms with van der Waals surface area (Å²) in [6.07, 6.45) is 3.72. The largest absolute Gasteiger partial charge is 0.343 e. The summed E-state index contributed by atoms with van der Waals surface area (Å²) in [6, 6.07) is 14.1. The van der Waals surface area contributed by atoms with Crippen molar-refractivity contribution in [1.82, 2.24) is 15.8 Å². The molecule has 1 heterocycles. The summed E-state index contributed by atoms with van der Waals surface area (Å²) in [4.78, 5) is 43.9. The average Bonchev–Trinajstić information content (AvgIpc) is 2.88. The molecule has 4 N–H and O–H groups in total. The lowest BCUT2D eigenvalue weighted by molar-refractivity contribution is -0.141. The molecule has 2 aromatic rings. The van der Waals surface area contributed by atoms with Crippen LogP contribution < -0.4 is 16.1 Å². The molecule has 3 amide bonds. The Balaban J connectivity index is 2.36. The molecule has 9 heteroatoms. The van der Waals surface area contributed by atoms with Crippen LogP contribution in [0.3, 0.4) is 0 Å². The van der Waals surface area contributed by atoms with Gasteiger partial charge in [-0.05, 0) is 50.3 Å². The van der Waals surface area contributed by atoms with Crippen molar-refractivity contribution in [3.63, 3.8) is 0 Å². The molecule has 0 aliphatic heterocycles. The van der Waals surface area contributed by atoms with E-state index in [2.05, 4.69) is 22.2 Å². The van der Waals surface area contributed by atoms with Crippen LogP contribution in [0.4, 0.5) is 5.82 Å². The van der Waals surface area contributed by atoms with Crippen LogP contribution in [0.2, 0.25) is 0 Å². The van der Waals surface area contributed by atoms with Crippen LogP contribution in [0, 0.1) is 17.8 Å². The van der Waals surface area contributed by atoms with Crippen molar-refractivity contribution in [3.05, 3.63) is 72.9 Å². The summed E-state index contributed by atoms with van der Waals surface area (Å²) in [5.41, 5.74) is 2.77. The van der Waals surface area contributed by atoms with Crippen LogP contribution in [0.5, 0.6) is 0 Å². The highest BCUT2D eigenvalue weighted by Crippen LogP contribution is 2.33. The lowest BCUT2D eigenvalue weighted by Crippen LogP contribution is -2.57. The molecule has 2 rings (SSSR count). The molecular weight excluding hydrogens is 488 g/mol. The van der Waals surface area contributed by atoms with Gasteiger partial charge in [-0.1, -0.05) is 56.3 Å². The molecule has 0 unspecified atom stereocenters. The second kappa shape index (κ2) is 14.5. The smallest absolute Gasteiger partial charge is 0.249 e. The monoisotopic (exact) mass is 526 g/mol. The number of allylic oxidation sites excluding steroid dienone is 1. The number of thioether (sulfide) groups is 1. The number of aromatic nitrogens is 1. The Kier molecular flexibility index (Phi) is 11.8. The van der Waals surface area contributed by atoms with E-state index in [0.717, 1.165) is 5.56 Å². The van der Waals surface area contributed by atoms with E-state index >= 15 is 0 Å². The van der Waals surface area contributed by atoms with Gasteiger partial charge in [0.15, 0.2) is 0 Å². The van der Waals surface area contributed by atoms with Crippen LogP contribution in [-0.2, 0) is 20.1 Å². The zero-order chi connectivity index (χ0) is 27.4. The van der Waals surface area contributed by atoms with Crippen molar-refractivity contribution in [2.24, 2.45) is 17.8 Å². The van der Waals surface area contributed by atoms with Crippen LogP contribution in [-0.4, -0.2) is 38.7 Å². The van der Waals surface area contributed by atoms with Gasteiger partial charge in [0.05, 0.1) is 11.8 Å². The summed E-state index contributed by atoms with van der Waals surface area (Å²) < 4.78 is -0.722. The zero-order valence-corrected chi connectivity index (χ0v) is 22.8. The summed E-state index contributed by atoms with van der Waals surface area (Å²) in [6.45, 7) is 11.4. The van der Waals surface area contributed by atoms with Gasteiger partial charge in [0.2, 0.25) is 17.7 Å². The third-order valence-electron chi connectivity index (χ3n) is 6.03. The third kappa shape index (κ3) is 9.33. The molecule has 0 aliphatic carbocycles. The molecule has 0 saturated carbocycles. The highest BCUT2D eigenvalue weighted by Gasteiger charge is 2.41. The van der Waals surface area contributed by atoms with Crippen molar-refractivity contribution in [1.29, 1.82) is 0 Å². The molecule has 0 radical (unpaired) electrons. The maximum atomic E-state index is 13.7. The van der Waals surface area contributed by atoms with Gasteiger partial charge >= 0.3 is 0 Å². The van der Waals surface area contributed by atoms with E-state index in [-0.39, 0.29) is 12.3 Å². The summed E-state index contributed by atoms with van der Waals surface area (Å²) >= 11 is 1.54. The van der Waals surface area contributed by atoms with Gasteiger partial charge in [-0.25, -0.2) is 10.5 Å². The molecule has 0 aliphatic rings. The first kappa shape index (κ1) is 30.1. The number of hydrogen-bond acceptors (Lipinski definition) is 6. The number of anilines is 1. The van der Waals surface area contributed by atoms with Crippen molar-refractivity contribution >= 4 is 35.3 Å². The topological polar surface area (TPSA) is 120 Å². The number of hydrogen-bond donors (Lipinski definition) is 4. The van der Waals surface area contributed by atoms with Gasteiger partial charge in [-0.2, -0.15) is 0 Å². The molecule has 3 atom stereocenters. The van der Waals surface area contributed by atoms with Crippen LogP contribution >= 0.6 is 11.8 Å². The maximum absolute atomic E-state index is 13.7. The number of carbonyl (C=O) groups is 3. The lowest BCUT2D eigenvalue weighted by atomic mass is 9.81. The normalized spacial score (nSPS) is 13.8. The average molecular weight is 527 g/mol. The number of benzene rings is 1. The van der Waals surface area contributed by atoms with Gasteiger partial charge in [-0.15, -0.1) is 18.3 Å². The van der Waals surface area contributed by atoms with Gasteiger partial charge in [-0.3, -0.25) is 19.6 Å². The van der Waals surface area contributed by atoms with Crippen molar-refractivity contribution in [3.8, 4) is 0 Å². The fourth-order valence-electron chi connectivity index (χ4n) is 4.04. The van der Waals surface area contributed by atoms with Crippen LogP contribution in [0.15, 0.2) is 67.4 Å². The molecule has 1 aromatic heterocycles. The summed E-state index contributed by atoms with van der Waals surface area (Å²) in [5.74, 6) is -2.00. The minimum atomic E-state index is -0.938. The van der Waals surface area contributed by atoms with E-state index in [0.29, 0.717) is 18.0 Å². The Morgan fingerprint density at radius 3 is 2.27 bits per heavy atom. The molecule has 200 valence electrons. The van der Waals surface area contributed by atoms with E-state index in [1.54, 1.807) is 47.7 Å². The SMILES string of the molecule is C=CC[C@H](C(=O)NO)[C@@H](CC(C)C)C(=O)N[C@H](C(=O)Nc1ccccn1)C(C)(C)SCc1ccccc1. The van der Waals surface area contributed by atoms with E-state index in [1.807, 2.05) is 58.0 Å². The number of hydroxylamine groups is 1. The Bertz CT molecular complexity index is 1030. The van der Waals surface area contributed by atoms with Gasteiger partial charge in [0.25, 0.3) is 0 Å². The first-order valence-corrected chi connectivity index (χ1v) is 13.3. The predicted octanol–water partition coefficient (Wildman–Crippen LogP) is 4.58. The number of nitrogens with zero attached hydrogens (tertiary/aromatic N) is 1. The molecule has 37 heavy (non-hydrogen) atoms. The van der Waals surface area contributed by atoms with Crippen LogP contribution in [0.25, 0.3) is 0 Å². The standard InChI is InChI=1S/C28H38N4O4S/c1-6-12-21(26(34)32-36)22(17-19(2)3)25(33)31-24(27(35)30-23-15-10-11-16-29-23)28(4,5)37-18-20-13-8-7-9-14-20/h6-11,13-16,19,21-22,24,36H,1,12,17-18H2,2-5H3,(H,31,33)(H,32,34)(H,29,30,35)/t21-,22+,24+/m0/s1. The fraction of sp³-hybridized carbons (Fsp3) is 0.429. The molecule has 0 saturated heterocycles. The quantitative estimate of drug-likeness (QED) is 0.163. The third-order valence-corrected chi connectivity index (χ3v) is 7.49. The summed E-state index contributed by atoms with van der Waals surface area (Å²) in [5, 5.41) is 15.0. The first-order valence-electron chi connectivity index (χ1n) is 12.3. The Hall–Kier alpha value is -3.17. The molecule has 1 aromatic carbocycles. The number of pyridine rings is 1. The molecule has 8 nitrogen and oxygen atoms in total. The first-order chi connectivity index (χ1) is 17.6. The Morgan fingerprint density at radius 2 is 1.70 bits per heavy atom. The molecular formula is C28H38N4O4S. The highest BCUT2D eigenvalue weighted by atomic mass is 32.2. The fourth-order valence-corrected chi connectivity index (χ4v) is 5.11. The number of rotatable bonds is 14. The minimum absolute atomic E-state index is 0.0934. The Morgan fingerprint density at radius 1 is 1.03 bits per heavy atom. The maximum Gasteiger partial charge on any atom is 0.249 e. The van der Waals surface area contributed by atoms with Crippen molar-refractivity contribution in [2.75, 3.05) is 5.32 Å². The molecule has 0 fully saturated rings. The second-order valence-electron chi connectivity index (χ2n) is 9.87. The number of carbonyl (C=O) groups excluding carboxylic acids is 3. The van der Waals surface area contributed by atoms with E-state index < -0.39 is 40.3 Å². The Labute approximate surface area is 223 Å². The zero-order valence-electron chi connectivity index (χ0n) is 21.9.